The summed E-state index contributed by atoms with van der Waals surface area (Å²) in [6.07, 6.45) is 1.85. The van der Waals surface area contributed by atoms with Gasteiger partial charge >= 0.3 is 0 Å². The molecular weight excluding hydrogens is 486 g/mol. The summed E-state index contributed by atoms with van der Waals surface area (Å²) in [4.78, 5) is 36.0. The average Bonchev–Trinajstić information content (AvgIpc) is 3.17. The quantitative estimate of drug-likeness (QED) is 0.448. The molecule has 0 aromatic carbocycles. The summed E-state index contributed by atoms with van der Waals surface area (Å²) >= 11 is 1.57. The number of carbonyl (C=O) groups excluding carboxylic acids is 2. The van der Waals surface area contributed by atoms with Crippen molar-refractivity contribution in [2.45, 2.75) is 39.3 Å². The topological polar surface area (TPSA) is 113 Å². The molecule has 2 amide bonds. The molecule has 4 atom stereocenters. The van der Waals surface area contributed by atoms with E-state index in [9.17, 15) is 9.59 Å². The number of nitrogen functional groups attached to an aromatic ring is 1. The minimum Gasteiger partial charge on any atom is -0.397 e. The lowest BCUT2D eigenvalue weighted by Gasteiger charge is -2.28. The predicted octanol–water partition coefficient (Wildman–Crippen LogP) is 3.53. The Morgan fingerprint density at radius 2 is 2.03 bits per heavy atom. The van der Waals surface area contributed by atoms with E-state index in [0.717, 1.165) is 45.1 Å². The number of aromatic amines is 1. The zero-order valence-electron chi connectivity index (χ0n) is 20.0. The maximum absolute atomic E-state index is 12.8. The molecule has 3 aromatic rings. The molecule has 10 heteroatoms. The van der Waals surface area contributed by atoms with Gasteiger partial charge in [0.25, 0.3) is 0 Å². The molecule has 1 saturated carbocycles. The Hall–Kier alpha value is -2.46. The zero-order valence-corrected chi connectivity index (χ0v) is 21.6. The fraction of sp³-hybridized carbons (Fsp3) is 0.480. The number of pyridine rings is 1. The molecule has 0 bridgehead atoms. The second-order valence-corrected chi connectivity index (χ2v) is 11.4. The highest BCUT2D eigenvalue weighted by molar-refractivity contribution is 7.19. The van der Waals surface area contributed by atoms with Crippen LogP contribution in [0.15, 0.2) is 24.4 Å². The van der Waals surface area contributed by atoms with Crippen LogP contribution in [0.1, 0.15) is 37.3 Å². The van der Waals surface area contributed by atoms with Crippen molar-refractivity contribution in [2.75, 3.05) is 25.4 Å². The maximum Gasteiger partial charge on any atom is 0.234 e. The molecule has 2 saturated heterocycles. The van der Waals surface area contributed by atoms with Gasteiger partial charge in [-0.3, -0.25) is 19.5 Å². The number of nitrogens with two attached hydrogens (primary N) is 1. The molecule has 1 aliphatic carbocycles. The Kier molecular flexibility index (Phi) is 5.95. The molecule has 3 unspecified atom stereocenters. The molecule has 4 N–H and O–H groups in total. The van der Waals surface area contributed by atoms with Crippen molar-refractivity contribution >= 4 is 51.5 Å². The SMILES string of the molecule is CC(c1[nH]c(-c2ccnc3cc(CN4C(=O)C5C(C4=O)C5(C)C)sc23)cc1N)[C@H]1CNCCO1.Cl. The Balaban J connectivity index is 0.00000253. The van der Waals surface area contributed by atoms with E-state index in [1.807, 2.05) is 32.0 Å². The number of nitrogens with zero attached hydrogens (tertiary/aromatic N) is 2. The van der Waals surface area contributed by atoms with Crippen molar-refractivity contribution in [2.24, 2.45) is 17.3 Å². The number of aromatic nitrogens is 2. The fourth-order valence-corrected chi connectivity index (χ4v) is 6.82. The first-order valence-electron chi connectivity index (χ1n) is 11.8. The van der Waals surface area contributed by atoms with Crippen LogP contribution in [-0.4, -0.2) is 52.5 Å². The van der Waals surface area contributed by atoms with Crippen LogP contribution in [0.4, 0.5) is 5.69 Å². The molecule has 5 heterocycles. The van der Waals surface area contributed by atoms with Gasteiger partial charge in [-0.05, 0) is 23.6 Å². The monoisotopic (exact) mass is 515 g/mol. The van der Waals surface area contributed by atoms with Gasteiger partial charge in [0, 0.05) is 47.0 Å². The maximum atomic E-state index is 12.8. The normalized spacial score (nSPS) is 26.0. The van der Waals surface area contributed by atoms with Crippen molar-refractivity contribution in [3.05, 3.63) is 35.0 Å². The van der Waals surface area contributed by atoms with E-state index >= 15 is 0 Å². The number of morpholine rings is 1. The molecule has 0 spiro atoms. The zero-order chi connectivity index (χ0) is 23.8. The number of nitrogens with one attached hydrogen (secondary N) is 2. The van der Waals surface area contributed by atoms with Gasteiger partial charge in [0.15, 0.2) is 0 Å². The van der Waals surface area contributed by atoms with Crippen LogP contribution in [0, 0.1) is 17.3 Å². The molecule has 186 valence electrons. The number of ether oxygens (including phenoxy) is 1. The van der Waals surface area contributed by atoms with E-state index in [2.05, 4.69) is 22.2 Å². The third-order valence-corrected chi connectivity index (χ3v) is 8.95. The molecule has 2 aliphatic heterocycles. The number of thiophene rings is 1. The third kappa shape index (κ3) is 3.76. The van der Waals surface area contributed by atoms with Gasteiger partial charge in [0.2, 0.25) is 11.8 Å². The van der Waals surface area contributed by atoms with Crippen LogP contribution in [0.25, 0.3) is 21.5 Å². The van der Waals surface area contributed by atoms with Crippen molar-refractivity contribution < 1.29 is 14.3 Å². The summed E-state index contributed by atoms with van der Waals surface area (Å²) in [5.41, 5.74) is 10.7. The number of amides is 2. The Morgan fingerprint density at radius 3 is 2.71 bits per heavy atom. The van der Waals surface area contributed by atoms with E-state index in [1.165, 1.54) is 4.90 Å². The largest absolute Gasteiger partial charge is 0.397 e. The second-order valence-electron chi connectivity index (χ2n) is 10.3. The number of imide groups is 1. The molecule has 6 rings (SSSR count). The number of carbonyl (C=O) groups is 2. The highest BCUT2D eigenvalue weighted by Gasteiger charge is 2.72. The first-order chi connectivity index (χ1) is 16.3. The first-order valence-corrected chi connectivity index (χ1v) is 12.6. The predicted molar refractivity (Wildman–Crippen MR) is 138 cm³/mol. The van der Waals surface area contributed by atoms with Gasteiger partial charge in [-0.15, -0.1) is 23.7 Å². The van der Waals surface area contributed by atoms with E-state index in [1.54, 1.807) is 17.5 Å². The lowest BCUT2D eigenvalue weighted by atomic mass is 9.99. The number of anilines is 1. The van der Waals surface area contributed by atoms with Gasteiger partial charge in [-0.2, -0.15) is 0 Å². The second kappa shape index (κ2) is 8.58. The van der Waals surface area contributed by atoms with Crippen molar-refractivity contribution in [1.29, 1.82) is 0 Å². The third-order valence-electron chi connectivity index (χ3n) is 7.81. The molecule has 3 aliphatic rings. The highest BCUT2D eigenvalue weighted by Crippen LogP contribution is 2.63. The molecule has 35 heavy (non-hydrogen) atoms. The van der Waals surface area contributed by atoms with E-state index in [4.69, 9.17) is 10.5 Å². The summed E-state index contributed by atoms with van der Waals surface area (Å²) < 4.78 is 6.95. The minimum atomic E-state index is -0.194. The number of hydrogen-bond donors (Lipinski definition) is 3. The lowest BCUT2D eigenvalue weighted by molar-refractivity contribution is -0.143. The van der Waals surface area contributed by atoms with Crippen LogP contribution in [0.5, 0.6) is 0 Å². The van der Waals surface area contributed by atoms with Crippen LogP contribution in [0.3, 0.4) is 0 Å². The summed E-state index contributed by atoms with van der Waals surface area (Å²) in [5.74, 6) is -0.273. The number of piperidine rings is 1. The van der Waals surface area contributed by atoms with Crippen LogP contribution in [-0.2, 0) is 20.9 Å². The molecule has 0 radical (unpaired) electrons. The number of H-pyrrole nitrogens is 1. The standard InChI is InChI=1S/C25H29N5O3S.ClH/c1-12(18-10-27-6-7-33-18)21-15(26)9-16(29-21)14-4-5-28-17-8-13(34-22(14)17)11-30-23(31)19-20(24(30)32)25(19,2)3;/h4-5,8-9,12,18-20,27,29H,6-7,10-11,26H2,1-3H3;1H/t12?,18-,19?,20?;/m1./s1. The van der Waals surface area contributed by atoms with E-state index in [0.29, 0.717) is 18.8 Å². The van der Waals surface area contributed by atoms with Gasteiger partial charge in [-0.1, -0.05) is 20.8 Å². The Morgan fingerprint density at radius 1 is 1.29 bits per heavy atom. The summed E-state index contributed by atoms with van der Waals surface area (Å²) in [5, 5.41) is 3.38. The number of rotatable bonds is 5. The van der Waals surface area contributed by atoms with Crippen LogP contribution in [0.2, 0.25) is 0 Å². The number of likely N-dealkylation sites (tertiary alicyclic amines) is 1. The number of fused-ring (bicyclic) bond motifs is 2. The fourth-order valence-electron chi connectivity index (χ4n) is 5.69. The summed E-state index contributed by atoms with van der Waals surface area (Å²) in [6.45, 7) is 8.81. The van der Waals surface area contributed by atoms with Crippen LogP contribution < -0.4 is 11.1 Å². The molecular formula is C25H30ClN5O3S. The molecule has 3 fully saturated rings. The number of hydrogen-bond acceptors (Lipinski definition) is 7. The minimum absolute atomic E-state index is 0. The number of halogens is 1. The van der Waals surface area contributed by atoms with Crippen molar-refractivity contribution in [3.8, 4) is 11.3 Å². The van der Waals surface area contributed by atoms with Crippen LogP contribution >= 0.6 is 23.7 Å². The van der Waals surface area contributed by atoms with Crippen molar-refractivity contribution in [1.82, 2.24) is 20.2 Å². The lowest BCUT2D eigenvalue weighted by Crippen LogP contribution is -2.41. The Bertz CT molecular complexity index is 1290. The molecule has 8 nitrogen and oxygen atoms in total. The van der Waals surface area contributed by atoms with E-state index in [-0.39, 0.29) is 53.5 Å². The summed E-state index contributed by atoms with van der Waals surface area (Å²) in [7, 11) is 0. The first kappa shape index (κ1) is 24.2. The Labute approximate surface area is 214 Å². The van der Waals surface area contributed by atoms with Crippen molar-refractivity contribution in [3.63, 3.8) is 0 Å². The van der Waals surface area contributed by atoms with E-state index < -0.39 is 0 Å². The van der Waals surface area contributed by atoms with Gasteiger partial charge in [0.1, 0.15) is 0 Å². The van der Waals surface area contributed by atoms with Gasteiger partial charge in [-0.25, -0.2) is 0 Å². The smallest absolute Gasteiger partial charge is 0.234 e. The van der Waals surface area contributed by atoms with Gasteiger partial charge in [0.05, 0.1) is 47.0 Å². The summed E-state index contributed by atoms with van der Waals surface area (Å²) in [6, 6.07) is 5.93. The highest BCUT2D eigenvalue weighted by atomic mass is 35.5. The van der Waals surface area contributed by atoms with Gasteiger partial charge < -0.3 is 20.8 Å². The average molecular weight is 516 g/mol. The molecule has 3 aromatic heterocycles.